The zero-order valence-corrected chi connectivity index (χ0v) is 17.9. The van der Waals surface area contributed by atoms with Gasteiger partial charge in [0.25, 0.3) is 0 Å². The molecule has 0 saturated heterocycles. The van der Waals surface area contributed by atoms with Gasteiger partial charge in [0.1, 0.15) is 0 Å². The molecule has 0 radical (unpaired) electrons. The van der Waals surface area contributed by atoms with Gasteiger partial charge in [-0.2, -0.15) is 0 Å². The zero-order chi connectivity index (χ0) is 20.0. The molecule has 0 amide bonds. The van der Waals surface area contributed by atoms with Gasteiger partial charge in [0.2, 0.25) is 0 Å². The molecule has 1 aliphatic carbocycles. The Bertz CT molecular complexity index is 1020. The third-order valence-electron chi connectivity index (χ3n) is 4.83. The van der Waals surface area contributed by atoms with Crippen LogP contribution in [0, 0.1) is 0 Å². The summed E-state index contributed by atoms with van der Waals surface area (Å²) >= 11 is 0. The van der Waals surface area contributed by atoms with Gasteiger partial charge < -0.3 is 4.57 Å². The van der Waals surface area contributed by atoms with Crippen molar-refractivity contribution in [3.05, 3.63) is 71.8 Å². The first-order valence-electron chi connectivity index (χ1n) is 10.4. The Balaban J connectivity index is 0.000000400. The molecule has 1 nitrogen and oxygen atoms in total. The molecular formula is C26H33N. The Morgan fingerprint density at radius 1 is 0.593 bits per heavy atom. The summed E-state index contributed by atoms with van der Waals surface area (Å²) in [5, 5.41) is 2.73. The molecule has 3 aromatic carbocycles. The maximum Gasteiger partial charge on any atom is 0.0495 e. The van der Waals surface area contributed by atoms with Crippen LogP contribution in [0.1, 0.15) is 52.7 Å². The van der Waals surface area contributed by atoms with Gasteiger partial charge in [-0.3, -0.25) is 0 Å². The summed E-state index contributed by atoms with van der Waals surface area (Å²) in [7, 11) is 2.16. The van der Waals surface area contributed by atoms with Gasteiger partial charge in [-0.25, -0.2) is 0 Å². The largest absolute Gasteiger partial charge is 0.344 e. The lowest BCUT2D eigenvalue weighted by atomic mass is 10.0. The predicted octanol–water partition coefficient (Wildman–Crippen LogP) is 7.98. The summed E-state index contributed by atoms with van der Waals surface area (Å²) in [5.41, 5.74) is 8.35. The average Bonchev–Trinajstić information content (AvgIpc) is 3.27. The molecule has 0 aliphatic heterocycles. The van der Waals surface area contributed by atoms with E-state index < -0.39 is 0 Å². The van der Waals surface area contributed by atoms with Gasteiger partial charge in [-0.15, -0.1) is 0 Å². The van der Waals surface area contributed by atoms with E-state index in [1.54, 1.807) is 0 Å². The SMILES string of the molecule is CC.CC.CC.Cn1c2ccccc2c2cc3c(cc21)-c1ccccc1C3. The lowest BCUT2D eigenvalue weighted by molar-refractivity contribution is 1.01. The molecule has 0 saturated carbocycles. The van der Waals surface area contributed by atoms with Gasteiger partial charge in [0.05, 0.1) is 0 Å². The van der Waals surface area contributed by atoms with Crippen LogP contribution in [-0.4, -0.2) is 4.57 Å². The molecule has 0 unspecified atom stereocenters. The first kappa shape index (κ1) is 20.8. The van der Waals surface area contributed by atoms with Gasteiger partial charge in [-0.1, -0.05) is 84.0 Å². The molecule has 4 aromatic rings. The summed E-state index contributed by atoms with van der Waals surface area (Å²) in [6.45, 7) is 12.0. The average molecular weight is 360 g/mol. The monoisotopic (exact) mass is 359 g/mol. The summed E-state index contributed by atoms with van der Waals surface area (Å²) in [4.78, 5) is 0. The van der Waals surface area contributed by atoms with Crippen LogP contribution in [0.3, 0.4) is 0 Å². The summed E-state index contributed by atoms with van der Waals surface area (Å²) in [6.07, 6.45) is 1.06. The maximum absolute atomic E-state index is 2.40. The van der Waals surface area contributed by atoms with Crippen LogP contribution in [-0.2, 0) is 13.5 Å². The second kappa shape index (κ2) is 9.41. The number of aromatic nitrogens is 1. The fourth-order valence-corrected chi connectivity index (χ4v) is 3.79. The number of nitrogens with zero attached hydrogens (tertiary/aromatic N) is 1. The van der Waals surface area contributed by atoms with Crippen molar-refractivity contribution < 1.29 is 0 Å². The van der Waals surface area contributed by atoms with Gasteiger partial charge in [-0.05, 0) is 46.9 Å². The Morgan fingerprint density at radius 3 is 1.96 bits per heavy atom. The maximum atomic E-state index is 2.40. The molecule has 5 rings (SSSR count). The van der Waals surface area contributed by atoms with Crippen molar-refractivity contribution in [2.75, 3.05) is 0 Å². The van der Waals surface area contributed by atoms with Crippen molar-refractivity contribution in [1.29, 1.82) is 0 Å². The predicted molar refractivity (Wildman–Crippen MR) is 123 cm³/mol. The highest BCUT2D eigenvalue weighted by Gasteiger charge is 2.20. The highest BCUT2D eigenvalue weighted by Crippen LogP contribution is 2.40. The fraction of sp³-hybridized carbons (Fsp3) is 0.308. The van der Waals surface area contributed by atoms with Crippen molar-refractivity contribution in [2.24, 2.45) is 7.05 Å². The lowest BCUT2D eigenvalue weighted by Gasteiger charge is -2.03. The van der Waals surface area contributed by atoms with Crippen LogP contribution in [0.15, 0.2) is 60.7 Å². The number of benzene rings is 3. The molecule has 0 spiro atoms. The number of hydrogen-bond acceptors (Lipinski definition) is 0. The van der Waals surface area contributed by atoms with Crippen molar-refractivity contribution in [3.8, 4) is 11.1 Å². The molecule has 1 heteroatoms. The zero-order valence-electron chi connectivity index (χ0n) is 17.9. The molecule has 142 valence electrons. The van der Waals surface area contributed by atoms with Gasteiger partial charge in [0.15, 0.2) is 0 Å². The van der Waals surface area contributed by atoms with E-state index in [1.807, 2.05) is 41.5 Å². The molecular weight excluding hydrogens is 326 g/mol. The standard InChI is InChI=1S/C20H15N.3C2H6/c1-21-19-9-5-4-8-16(19)18-11-14-10-13-6-2-3-7-15(13)17(14)12-20(18)21;3*1-2/h2-9,11-12H,10H2,1H3;3*1-2H3. The lowest BCUT2D eigenvalue weighted by Crippen LogP contribution is -1.87. The number of rotatable bonds is 0. The smallest absolute Gasteiger partial charge is 0.0495 e. The van der Waals surface area contributed by atoms with Crippen LogP contribution >= 0.6 is 0 Å². The van der Waals surface area contributed by atoms with Crippen molar-refractivity contribution in [3.63, 3.8) is 0 Å². The second-order valence-electron chi connectivity index (χ2n) is 5.94. The molecule has 0 bridgehead atoms. The highest BCUT2D eigenvalue weighted by molar-refractivity contribution is 6.09. The van der Waals surface area contributed by atoms with E-state index in [2.05, 4.69) is 72.3 Å². The molecule has 1 heterocycles. The third-order valence-corrected chi connectivity index (χ3v) is 4.83. The van der Waals surface area contributed by atoms with Gasteiger partial charge in [0, 0.05) is 28.9 Å². The topological polar surface area (TPSA) is 4.93 Å². The molecule has 1 aliphatic rings. The first-order valence-corrected chi connectivity index (χ1v) is 10.4. The highest BCUT2D eigenvalue weighted by atomic mass is 14.9. The van der Waals surface area contributed by atoms with Crippen LogP contribution in [0.2, 0.25) is 0 Å². The van der Waals surface area contributed by atoms with Crippen LogP contribution in [0.5, 0.6) is 0 Å². The number of aryl methyl sites for hydroxylation is 1. The number of fused-ring (bicyclic) bond motifs is 6. The van der Waals surface area contributed by atoms with E-state index in [0.717, 1.165) is 6.42 Å². The third kappa shape index (κ3) is 3.51. The van der Waals surface area contributed by atoms with Crippen LogP contribution in [0.4, 0.5) is 0 Å². The second-order valence-corrected chi connectivity index (χ2v) is 5.94. The number of para-hydroxylation sites is 1. The normalized spacial score (nSPS) is 10.6. The minimum absolute atomic E-state index is 1.06. The van der Waals surface area contributed by atoms with E-state index in [9.17, 15) is 0 Å². The molecule has 0 fully saturated rings. The van der Waals surface area contributed by atoms with E-state index in [4.69, 9.17) is 0 Å². The molecule has 1 aromatic heterocycles. The molecule has 0 atom stereocenters. The minimum atomic E-state index is 1.06. The van der Waals surface area contributed by atoms with E-state index in [-0.39, 0.29) is 0 Å². The van der Waals surface area contributed by atoms with E-state index in [1.165, 1.54) is 44.1 Å². The quantitative estimate of drug-likeness (QED) is 0.264. The fourth-order valence-electron chi connectivity index (χ4n) is 3.79. The Hall–Kier alpha value is -2.54. The Labute approximate surface area is 164 Å². The van der Waals surface area contributed by atoms with Crippen molar-refractivity contribution >= 4 is 21.8 Å². The summed E-state index contributed by atoms with van der Waals surface area (Å²) in [5.74, 6) is 0. The van der Waals surface area contributed by atoms with E-state index >= 15 is 0 Å². The molecule has 27 heavy (non-hydrogen) atoms. The minimum Gasteiger partial charge on any atom is -0.344 e. The Kier molecular flexibility index (Phi) is 7.24. The van der Waals surface area contributed by atoms with Crippen molar-refractivity contribution in [2.45, 2.75) is 48.0 Å². The van der Waals surface area contributed by atoms with E-state index in [0.29, 0.717) is 0 Å². The first-order chi connectivity index (χ1) is 13.3. The van der Waals surface area contributed by atoms with Crippen LogP contribution < -0.4 is 0 Å². The van der Waals surface area contributed by atoms with Crippen LogP contribution in [0.25, 0.3) is 32.9 Å². The van der Waals surface area contributed by atoms with Crippen molar-refractivity contribution in [1.82, 2.24) is 4.57 Å². The Morgan fingerprint density at radius 2 is 1.22 bits per heavy atom. The summed E-state index contributed by atoms with van der Waals surface area (Å²) in [6, 6.07) is 22.2. The summed E-state index contributed by atoms with van der Waals surface area (Å²) < 4.78 is 2.31. The van der Waals surface area contributed by atoms with Gasteiger partial charge >= 0.3 is 0 Å². The number of hydrogen-bond donors (Lipinski definition) is 0. The molecule has 0 N–H and O–H groups in total.